The van der Waals surface area contributed by atoms with Crippen molar-refractivity contribution in [3.63, 3.8) is 0 Å². The first-order valence-corrected chi connectivity index (χ1v) is 18.4. The number of anilines is 1. The molecule has 0 spiro atoms. The Morgan fingerprint density at radius 3 is 2.22 bits per heavy atom. The monoisotopic (exact) mass is 676 g/mol. The minimum absolute atomic E-state index is 0.0698. The number of aromatic nitrogens is 2. The predicted molar refractivity (Wildman–Crippen MR) is 199 cm³/mol. The Morgan fingerprint density at radius 2 is 1.54 bits per heavy atom. The second kappa shape index (κ2) is 16.5. The predicted octanol–water partition coefficient (Wildman–Crippen LogP) is 6.10. The number of aliphatic hydroxyl groups excluding tert-OH is 1. The molecular weight excluding hydrogens is 624 g/mol. The van der Waals surface area contributed by atoms with Crippen molar-refractivity contribution in [2.45, 2.75) is 72.0 Å². The number of amides is 2. The summed E-state index contributed by atoms with van der Waals surface area (Å²) < 4.78 is 1.76. The maximum Gasteiger partial charge on any atom is 0.274 e. The number of fused-ring (bicyclic) bond motifs is 1. The second-order valence-electron chi connectivity index (χ2n) is 13.8. The van der Waals surface area contributed by atoms with Crippen LogP contribution in [0.4, 0.5) is 5.69 Å². The van der Waals surface area contributed by atoms with E-state index >= 15 is 0 Å². The van der Waals surface area contributed by atoms with Crippen molar-refractivity contribution in [2.24, 2.45) is 0 Å². The van der Waals surface area contributed by atoms with Crippen molar-refractivity contribution in [2.75, 3.05) is 50.8 Å². The molecule has 6 rings (SSSR count). The Bertz CT molecular complexity index is 1740. The second-order valence-corrected chi connectivity index (χ2v) is 13.8. The molecule has 3 heterocycles. The van der Waals surface area contributed by atoms with Crippen molar-refractivity contribution in [1.29, 1.82) is 0 Å². The lowest BCUT2D eigenvalue weighted by atomic mass is 9.93. The fraction of sp³-hybridized carbons (Fsp3) is 0.439. The van der Waals surface area contributed by atoms with Crippen LogP contribution < -0.4 is 4.90 Å². The van der Waals surface area contributed by atoms with Crippen molar-refractivity contribution in [3.05, 3.63) is 113 Å². The first-order chi connectivity index (χ1) is 24.4. The molecule has 0 aliphatic carbocycles. The number of hydrogen-bond acceptors (Lipinski definition) is 6. The van der Waals surface area contributed by atoms with Crippen LogP contribution in [0.5, 0.6) is 0 Å². The van der Waals surface area contributed by atoms with Gasteiger partial charge in [0.25, 0.3) is 11.8 Å². The molecule has 1 N–H and O–H groups in total. The summed E-state index contributed by atoms with van der Waals surface area (Å²) >= 11 is 0. The largest absolute Gasteiger partial charge is 0.394 e. The van der Waals surface area contributed by atoms with Gasteiger partial charge in [0, 0.05) is 63.7 Å². The maximum absolute atomic E-state index is 14.7. The summed E-state index contributed by atoms with van der Waals surface area (Å²) in [6, 6.07) is 26.3. The average Bonchev–Trinajstić information content (AvgIpc) is 3.55. The molecule has 1 saturated heterocycles. The summed E-state index contributed by atoms with van der Waals surface area (Å²) in [5, 5.41) is 15.3. The molecule has 1 unspecified atom stereocenters. The van der Waals surface area contributed by atoms with Crippen LogP contribution in [0.2, 0.25) is 0 Å². The van der Waals surface area contributed by atoms with Crippen LogP contribution in [-0.4, -0.2) is 93.3 Å². The van der Waals surface area contributed by atoms with Crippen LogP contribution >= 0.6 is 0 Å². The number of unbranched alkanes of at least 4 members (excludes halogenated alkanes) is 2. The quantitative estimate of drug-likeness (QED) is 0.184. The molecule has 50 heavy (non-hydrogen) atoms. The van der Waals surface area contributed by atoms with Crippen molar-refractivity contribution in [1.82, 2.24) is 24.5 Å². The minimum atomic E-state index is -0.336. The molecule has 9 heteroatoms. The summed E-state index contributed by atoms with van der Waals surface area (Å²) in [7, 11) is 0. The van der Waals surface area contributed by atoms with E-state index in [4.69, 9.17) is 5.10 Å². The van der Waals surface area contributed by atoms with Crippen molar-refractivity contribution >= 4 is 17.5 Å². The summed E-state index contributed by atoms with van der Waals surface area (Å²) in [5.41, 5.74) is 6.91. The number of nitrogens with zero attached hydrogens (tertiary/aromatic N) is 6. The van der Waals surface area contributed by atoms with Crippen LogP contribution in [0.25, 0.3) is 5.69 Å². The Labute approximate surface area is 297 Å². The fourth-order valence-electron chi connectivity index (χ4n) is 7.22. The average molecular weight is 677 g/mol. The lowest BCUT2D eigenvalue weighted by molar-refractivity contribution is 0.0544. The number of aryl methyl sites for hydroxylation is 1. The van der Waals surface area contributed by atoms with Gasteiger partial charge in [0.2, 0.25) is 0 Å². The number of rotatable bonds is 13. The van der Waals surface area contributed by atoms with E-state index in [0.717, 1.165) is 75.4 Å². The topological polar surface area (TPSA) is 85.2 Å². The van der Waals surface area contributed by atoms with E-state index in [1.807, 2.05) is 47.1 Å². The molecule has 4 aromatic rings. The number of piperazine rings is 1. The van der Waals surface area contributed by atoms with Crippen molar-refractivity contribution < 1.29 is 14.7 Å². The highest BCUT2D eigenvalue weighted by Crippen LogP contribution is 2.30. The Balaban J connectivity index is 1.32. The summed E-state index contributed by atoms with van der Waals surface area (Å²) in [6.07, 6.45) is 4.52. The number of benzene rings is 3. The molecule has 264 valence electrons. The molecule has 3 aromatic carbocycles. The zero-order valence-electron chi connectivity index (χ0n) is 29.9. The molecule has 1 atom stereocenters. The number of carbonyl (C=O) groups is 2. The number of carbonyl (C=O) groups excluding carboxylic acids is 2. The Hall–Kier alpha value is -4.47. The molecule has 0 bridgehead atoms. The van der Waals surface area contributed by atoms with Crippen LogP contribution in [0.15, 0.2) is 78.9 Å². The van der Waals surface area contributed by atoms with Gasteiger partial charge in [-0.25, -0.2) is 4.68 Å². The van der Waals surface area contributed by atoms with E-state index in [2.05, 4.69) is 72.2 Å². The van der Waals surface area contributed by atoms with Gasteiger partial charge in [-0.15, -0.1) is 0 Å². The van der Waals surface area contributed by atoms with E-state index in [1.54, 1.807) is 4.68 Å². The minimum Gasteiger partial charge on any atom is -0.394 e. The lowest BCUT2D eigenvalue weighted by Crippen LogP contribution is -2.47. The number of aliphatic hydroxyl groups is 1. The summed E-state index contributed by atoms with van der Waals surface area (Å²) in [6.45, 7) is 12.4. The highest BCUT2D eigenvalue weighted by molar-refractivity contribution is 5.99. The van der Waals surface area contributed by atoms with Gasteiger partial charge >= 0.3 is 0 Å². The van der Waals surface area contributed by atoms with E-state index < -0.39 is 0 Å². The van der Waals surface area contributed by atoms with Gasteiger partial charge < -0.3 is 19.8 Å². The summed E-state index contributed by atoms with van der Waals surface area (Å²) in [5.74, 6) is -0.215. The van der Waals surface area contributed by atoms with Gasteiger partial charge in [0.1, 0.15) is 0 Å². The van der Waals surface area contributed by atoms with Gasteiger partial charge in [0.15, 0.2) is 5.69 Å². The zero-order chi connectivity index (χ0) is 35.0. The SMILES string of the molecule is CCCCN(CCCC)C(=O)c1cc(C)n(-c2ccc(N3CCN(Cc4ccccc4)CC3)cc2C(=O)N2Cc3ccccc3CC2CO)n1. The molecule has 2 aliphatic rings. The normalized spacial score (nSPS) is 16.4. The van der Waals surface area contributed by atoms with Crippen LogP contribution in [0.1, 0.15) is 82.8 Å². The summed E-state index contributed by atoms with van der Waals surface area (Å²) in [4.78, 5) is 37.0. The molecular formula is C41H52N6O3. The van der Waals surface area contributed by atoms with Crippen LogP contribution in [0, 0.1) is 6.92 Å². The third kappa shape index (κ3) is 7.95. The van der Waals surface area contributed by atoms with Gasteiger partial charge in [-0.2, -0.15) is 5.10 Å². The Kier molecular flexibility index (Phi) is 11.7. The smallest absolute Gasteiger partial charge is 0.274 e. The Morgan fingerprint density at radius 1 is 0.860 bits per heavy atom. The van der Waals surface area contributed by atoms with Crippen LogP contribution in [0.3, 0.4) is 0 Å². The van der Waals surface area contributed by atoms with Gasteiger partial charge in [0.05, 0.1) is 23.9 Å². The van der Waals surface area contributed by atoms with E-state index in [9.17, 15) is 14.7 Å². The molecule has 1 fully saturated rings. The van der Waals surface area contributed by atoms with Gasteiger partial charge in [-0.05, 0) is 67.1 Å². The number of hydrogen-bond donors (Lipinski definition) is 1. The third-order valence-electron chi connectivity index (χ3n) is 10.2. The van der Waals surface area contributed by atoms with E-state index in [0.29, 0.717) is 43.0 Å². The van der Waals surface area contributed by atoms with Gasteiger partial charge in [-0.3, -0.25) is 14.5 Å². The molecule has 0 saturated carbocycles. The maximum atomic E-state index is 14.7. The first-order valence-electron chi connectivity index (χ1n) is 18.4. The zero-order valence-corrected chi connectivity index (χ0v) is 29.9. The van der Waals surface area contributed by atoms with Crippen LogP contribution in [-0.2, 0) is 19.5 Å². The van der Waals surface area contributed by atoms with Gasteiger partial charge in [-0.1, -0.05) is 81.3 Å². The molecule has 2 aliphatic heterocycles. The standard InChI is InChI=1S/C41H52N6O3/c1-4-6-19-45(20-7-5-2)41(50)38-25-31(3)47(42-38)39-18-17-35(44-23-21-43(22-24-44)28-32-13-9-8-10-14-32)27-37(39)40(49)46-29-34-16-12-11-15-33(34)26-36(46)30-48/h8-18,25,27,36,48H,4-7,19-24,26,28-30H2,1-3H3. The van der Waals surface area contributed by atoms with E-state index in [1.165, 1.54) is 11.1 Å². The van der Waals surface area contributed by atoms with Crippen molar-refractivity contribution in [3.8, 4) is 5.69 Å². The van der Waals surface area contributed by atoms with E-state index in [-0.39, 0.29) is 24.5 Å². The molecule has 9 nitrogen and oxygen atoms in total. The third-order valence-corrected chi connectivity index (χ3v) is 10.2. The highest BCUT2D eigenvalue weighted by atomic mass is 16.3. The fourth-order valence-corrected chi connectivity index (χ4v) is 7.22. The first kappa shape index (κ1) is 35.4. The highest BCUT2D eigenvalue weighted by Gasteiger charge is 2.32. The molecule has 1 aromatic heterocycles. The lowest BCUT2D eigenvalue weighted by Gasteiger charge is -2.38. The molecule has 0 radical (unpaired) electrons. The molecule has 2 amide bonds.